The van der Waals surface area contributed by atoms with Crippen molar-refractivity contribution < 1.29 is 44.4 Å². The molecule has 11 heteroatoms. The van der Waals surface area contributed by atoms with Crippen LogP contribution < -0.4 is 9.68 Å². The summed E-state index contributed by atoms with van der Waals surface area (Å²) in [4.78, 5) is 34.9. The topological polar surface area (TPSA) is 153 Å². The summed E-state index contributed by atoms with van der Waals surface area (Å²) in [5.74, 6) is -2.90. The molecule has 2 aromatic rings. The monoisotopic (exact) mass is 468 g/mol. The molecule has 4 N–H and O–H groups in total. The molecule has 2 heterocycles. The van der Waals surface area contributed by atoms with Gasteiger partial charge in [-0.1, -0.05) is 13.8 Å². The summed E-state index contributed by atoms with van der Waals surface area (Å²) < 4.78 is 7.30. The summed E-state index contributed by atoms with van der Waals surface area (Å²) in [7, 11) is 0. The Bertz CT molecular complexity index is 928. The third-order valence-electron chi connectivity index (χ3n) is 5.95. The smallest absolute Gasteiger partial charge is 0.339 e. The summed E-state index contributed by atoms with van der Waals surface area (Å²) >= 11 is 0. The Morgan fingerprint density at radius 3 is 1.76 bits per heavy atom. The number of nitrogens with zero attached hydrogens (tertiary/aromatic N) is 2. The van der Waals surface area contributed by atoms with Crippen LogP contribution in [0.3, 0.4) is 0 Å². The van der Waals surface area contributed by atoms with Crippen LogP contribution in [0.2, 0.25) is 0 Å². The first-order valence-corrected chi connectivity index (χ1v) is 10.7. The normalized spacial score (nSPS) is 14.9. The minimum atomic E-state index is -0.944. The van der Waals surface area contributed by atoms with E-state index in [-0.39, 0.29) is 13.0 Å². The van der Waals surface area contributed by atoms with Crippen LogP contribution >= 0.6 is 0 Å². The van der Waals surface area contributed by atoms with Crippen molar-refractivity contribution in [1.29, 1.82) is 0 Å². The Labute approximate surface area is 191 Å². The fourth-order valence-corrected chi connectivity index (χ4v) is 2.99. The van der Waals surface area contributed by atoms with Crippen LogP contribution in [0.5, 0.6) is 23.5 Å². The number of aromatic nitrogens is 2. The van der Waals surface area contributed by atoms with Crippen LogP contribution in [0, 0.1) is 5.41 Å². The lowest BCUT2D eigenvalue weighted by Gasteiger charge is -2.31. The van der Waals surface area contributed by atoms with E-state index in [1.54, 1.807) is 6.92 Å². The molecule has 0 aliphatic rings. The summed E-state index contributed by atoms with van der Waals surface area (Å²) in [5.41, 5.74) is -1.63. The number of aromatic hydroxyl groups is 4. The zero-order valence-corrected chi connectivity index (χ0v) is 19.3. The molecule has 0 amide bonds. The number of carbonyl (C=O) groups is 2. The van der Waals surface area contributed by atoms with Crippen molar-refractivity contribution >= 4 is 11.9 Å². The van der Waals surface area contributed by atoms with E-state index in [1.807, 2.05) is 20.8 Å². The van der Waals surface area contributed by atoms with Gasteiger partial charge in [0.05, 0.1) is 17.4 Å². The van der Waals surface area contributed by atoms with Gasteiger partial charge in [-0.25, -0.2) is 9.59 Å². The van der Waals surface area contributed by atoms with Gasteiger partial charge in [0.1, 0.15) is 0 Å². The Morgan fingerprint density at radius 1 is 0.818 bits per heavy atom. The Hall–Kier alpha value is -3.34. The number of carbonyl (C=O) groups excluding carboxylic acids is 2. The van der Waals surface area contributed by atoms with Gasteiger partial charge in [0.25, 0.3) is 0 Å². The van der Waals surface area contributed by atoms with Crippen LogP contribution in [-0.2, 0) is 14.3 Å². The predicted molar refractivity (Wildman–Crippen MR) is 116 cm³/mol. The maximum atomic E-state index is 12.7. The minimum Gasteiger partial charge on any atom is -0.492 e. The predicted octanol–water partition coefficient (Wildman–Crippen LogP) is 2.49. The van der Waals surface area contributed by atoms with E-state index < -0.39 is 46.5 Å². The Balaban J connectivity index is 1.90. The third kappa shape index (κ3) is 6.35. The lowest BCUT2D eigenvalue weighted by molar-refractivity contribution is -0.159. The van der Waals surface area contributed by atoms with E-state index in [1.165, 1.54) is 24.3 Å². The molecule has 0 spiro atoms. The zero-order valence-electron chi connectivity index (χ0n) is 19.3. The first kappa shape index (κ1) is 25.9. The second kappa shape index (κ2) is 10.5. The van der Waals surface area contributed by atoms with Gasteiger partial charge in [0, 0.05) is 30.9 Å². The SMILES string of the molecule is CCC(C)(CCC(=O)On1c(O)ccc1O)OCCC(C)(CC)C(=O)On1c(O)ccc1O. The summed E-state index contributed by atoms with van der Waals surface area (Å²) in [5, 5.41) is 38.5. The number of hydrogen-bond donors (Lipinski definition) is 4. The summed E-state index contributed by atoms with van der Waals surface area (Å²) in [6, 6.07) is 4.78. The summed E-state index contributed by atoms with van der Waals surface area (Å²) in [6.07, 6.45) is 1.59. The second-order valence-electron chi connectivity index (χ2n) is 8.35. The molecule has 11 nitrogen and oxygen atoms in total. The van der Waals surface area contributed by atoms with Crippen molar-refractivity contribution in [3.05, 3.63) is 24.3 Å². The molecule has 0 saturated heterocycles. The van der Waals surface area contributed by atoms with Crippen LogP contribution in [0.15, 0.2) is 24.3 Å². The molecule has 0 aromatic carbocycles. The van der Waals surface area contributed by atoms with Crippen molar-refractivity contribution in [3.63, 3.8) is 0 Å². The average molecular weight is 469 g/mol. The average Bonchev–Trinajstić information content (AvgIpc) is 3.27. The molecular weight excluding hydrogens is 436 g/mol. The van der Waals surface area contributed by atoms with E-state index in [9.17, 15) is 30.0 Å². The van der Waals surface area contributed by atoms with Crippen LogP contribution in [0.1, 0.15) is 59.8 Å². The number of rotatable bonds is 12. The van der Waals surface area contributed by atoms with Crippen LogP contribution in [0.25, 0.3) is 0 Å². The van der Waals surface area contributed by atoms with E-state index in [2.05, 4.69) is 0 Å². The highest BCUT2D eigenvalue weighted by atomic mass is 16.7. The second-order valence-corrected chi connectivity index (χ2v) is 8.35. The largest absolute Gasteiger partial charge is 0.492 e. The maximum Gasteiger partial charge on any atom is 0.339 e. The molecule has 0 saturated carbocycles. The molecule has 33 heavy (non-hydrogen) atoms. The van der Waals surface area contributed by atoms with Crippen molar-refractivity contribution in [1.82, 2.24) is 9.46 Å². The molecule has 184 valence electrons. The fourth-order valence-electron chi connectivity index (χ4n) is 2.99. The Morgan fingerprint density at radius 2 is 1.30 bits per heavy atom. The Kier molecular flexibility index (Phi) is 8.26. The third-order valence-corrected chi connectivity index (χ3v) is 5.95. The van der Waals surface area contributed by atoms with Gasteiger partial charge in [-0.05, 0) is 39.5 Å². The maximum absolute atomic E-state index is 12.7. The van der Waals surface area contributed by atoms with Crippen molar-refractivity contribution in [3.8, 4) is 23.5 Å². The van der Waals surface area contributed by atoms with Gasteiger partial charge in [0.15, 0.2) is 0 Å². The highest BCUT2D eigenvalue weighted by molar-refractivity contribution is 5.76. The molecule has 0 aliphatic heterocycles. The molecule has 0 bridgehead atoms. The molecule has 2 unspecified atom stereocenters. The summed E-state index contributed by atoms with van der Waals surface area (Å²) in [6.45, 7) is 7.45. The molecule has 2 aromatic heterocycles. The quantitative estimate of drug-likeness (QED) is 0.368. The highest BCUT2D eigenvalue weighted by Gasteiger charge is 2.36. The van der Waals surface area contributed by atoms with Gasteiger partial charge in [-0.15, -0.1) is 9.46 Å². The lowest BCUT2D eigenvalue weighted by Crippen LogP contribution is -2.38. The highest BCUT2D eigenvalue weighted by Crippen LogP contribution is 2.31. The molecular formula is C22H32N2O9. The van der Waals surface area contributed by atoms with Crippen LogP contribution in [-0.4, -0.2) is 54.0 Å². The van der Waals surface area contributed by atoms with Crippen LogP contribution in [0.4, 0.5) is 0 Å². The minimum absolute atomic E-state index is 0.0271. The van der Waals surface area contributed by atoms with Gasteiger partial charge in [-0.2, -0.15) is 0 Å². The molecule has 0 radical (unpaired) electrons. The van der Waals surface area contributed by atoms with Gasteiger partial charge in [0.2, 0.25) is 23.5 Å². The van der Waals surface area contributed by atoms with E-state index in [4.69, 9.17) is 14.4 Å². The first-order valence-electron chi connectivity index (χ1n) is 10.7. The zero-order chi connectivity index (χ0) is 24.8. The number of ether oxygens (including phenoxy) is 1. The van der Waals surface area contributed by atoms with Gasteiger partial charge in [-0.3, -0.25) is 0 Å². The van der Waals surface area contributed by atoms with E-state index in [0.29, 0.717) is 35.1 Å². The fraction of sp³-hybridized carbons (Fsp3) is 0.545. The molecule has 2 atom stereocenters. The van der Waals surface area contributed by atoms with E-state index >= 15 is 0 Å². The first-order chi connectivity index (χ1) is 15.4. The molecule has 0 aliphatic carbocycles. The van der Waals surface area contributed by atoms with Crippen molar-refractivity contribution in [2.45, 2.75) is 65.4 Å². The molecule has 2 rings (SSSR count). The number of hydrogen-bond acceptors (Lipinski definition) is 9. The van der Waals surface area contributed by atoms with Crippen molar-refractivity contribution in [2.75, 3.05) is 6.61 Å². The molecule has 0 fully saturated rings. The van der Waals surface area contributed by atoms with Crippen molar-refractivity contribution in [2.24, 2.45) is 5.41 Å². The lowest BCUT2D eigenvalue weighted by atomic mass is 9.84. The van der Waals surface area contributed by atoms with E-state index in [0.717, 1.165) is 0 Å². The standard InChI is InChI=1S/C22H32N2O9/c1-5-21(3,20(30)33-24-17(27)9-10-18(24)28)13-14-31-22(4,6-2)12-11-19(29)32-23-15(25)7-8-16(23)26/h7-10,25-28H,5-6,11-14H2,1-4H3. The van der Waals surface area contributed by atoms with Gasteiger partial charge >= 0.3 is 11.9 Å². The van der Waals surface area contributed by atoms with Gasteiger partial charge < -0.3 is 34.8 Å².